The number of amides is 2. The normalized spacial score (nSPS) is 12.9. The maximum Gasteiger partial charge on any atom is 0.310 e. The average Bonchev–Trinajstić information content (AvgIpc) is 3.47. The van der Waals surface area contributed by atoms with Gasteiger partial charge in [0.1, 0.15) is 0 Å². The number of hydrogen-bond acceptors (Lipinski definition) is 4. The van der Waals surface area contributed by atoms with Gasteiger partial charge >= 0.3 is 5.97 Å². The lowest BCUT2D eigenvalue weighted by Gasteiger charge is -2.11. The quantitative estimate of drug-likeness (QED) is 0.724. The molecule has 2 aromatic carbocycles. The van der Waals surface area contributed by atoms with Crippen molar-refractivity contribution < 1.29 is 19.1 Å². The molecule has 146 valence electrons. The molecule has 0 aromatic heterocycles. The summed E-state index contributed by atoms with van der Waals surface area (Å²) in [7, 11) is 0. The molecule has 0 spiro atoms. The van der Waals surface area contributed by atoms with Crippen molar-refractivity contribution in [1.82, 2.24) is 5.32 Å². The predicted molar refractivity (Wildman–Crippen MR) is 106 cm³/mol. The number of anilines is 1. The molecule has 1 fully saturated rings. The zero-order valence-electron chi connectivity index (χ0n) is 16.1. The molecule has 2 N–H and O–H groups in total. The summed E-state index contributed by atoms with van der Waals surface area (Å²) in [6.45, 7) is 3.58. The van der Waals surface area contributed by atoms with Gasteiger partial charge in [-0.1, -0.05) is 30.3 Å². The van der Waals surface area contributed by atoms with E-state index in [0.717, 1.165) is 29.5 Å². The van der Waals surface area contributed by atoms with E-state index in [1.807, 2.05) is 32.0 Å². The minimum atomic E-state index is -0.486. The van der Waals surface area contributed by atoms with E-state index in [1.54, 1.807) is 24.3 Å². The van der Waals surface area contributed by atoms with Crippen LogP contribution in [0.2, 0.25) is 0 Å². The number of nitrogens with one attached hydrogen (secondary N) is 2. The third-order valence-electron chi connectivity index (χ3n) is 4.64. The molecule has 0 heterocycles. The zero-order chi connectivity index (χ0) is 20.1. The number of para-hydroxylation sites is 1. The second kappa shape index (κ2) is 8.69. The van der Waals surface area contributed by atoms with Crippen LogP contribution in [0.4, 0.5) is 5.69 Å². The molecule has 0 unspecified atom stereocenters. The van der Waals surface area contributed by atoms with Gasteiger partial charge in [-0.3, -0.25) is 14.4 Å². The second-order valence-electron chi connectivity index (χ2n) is 7.10. The summed E-state index contributed by atoms with van der Waals surface area (Å²) < 4.78 is 5.07. The molecule has 1 aliphatic carbocycles. The summed E-state index contributed by atoms with van der Waals surface area (Å²) in [4.78, 5) is 36.4. The van der Waals surface area contributed by atoms with Crippen LogP contribution >= 0.6 is 0 Å². The predicted octanol–water partition coefficient (Wildman–Crippen LogP) is 2.92. The molecule has 0 radical (unpaired) electrons. The van der Waals surface area contributed by atoms with E-state index in [9.17, 15) is 14.4 Å². The van der Waals surface area contributed by atoms with Crippen LogP contribution in [0.25, 0.3) is 0 Å². The minimum Gasteiger partial charge on any atom is -0.455 e. The van der Waals surface area contributed by atoms with Crippen molar-refractivity contribution in [1.29, 1.82) is 0 Å². The molecule has 0 aliphatic heterocycles. The summed E-state index contributed by atoms with van der Waals surface area (Å²) in [5, 5.41) is 5.54. The van der Waals surface area contributed by atoms with Crippen molar-refractivity contribution in [2.45, 2.75) is 39.2 Å². The molecular weight excluding hydrogens is 356 g/mol. The third-order valence-corrected chi connectivity index (χ3v) is 4.64. The van der Waals surface area contributed by atoms with Crippen LogP contribution in [0.5, 0.6) is 0 Å². The molecule has 1 aliphatic rings. The Bertz CT molecular complexity index is 903. The Labute approximate surface area is 164 Å². The molecule has 2 aromatic rings. The molecular formula is C22H24N2O4. The van der Waals surface area contributed by atoms with Gasteiger partial charge in [0.2, 0.25) is 0 Å². The van der Waals surface area contributed by atoms with Crippen LogP contribution in [0.1, 0.15) is 39.9 Å². The van der Waals surface area contributed by atoms with Gasteiger partial charge < -0.3 is 15.4 Å². The first-order valence-corrected chi connectivity index (χ1v) is 9.34. The number of hydrogen-bond donors (Lipinski definition) is 2. The van der Waals surface area contributed by atoms with E-state index in [-0.39, 0.29) is 18.4 Å². The van der Waals surface area contributed by atoms with Crippen molar-refractivity contribution in [2.24, 2.45) is 0 Å². The van der Waals surface area contributed by atoms with Crippen molar-refractivity contribution >= 4 is 23.5 Å². The van der Waals surface area contributed by atoms with Crippen molar-refractivity contribution in [3.05, 3.63) is 64.7 Å². The van der Waals surface area contributed by atoms with Gasteiger partial charge in [0, 0.05) is 6.04 Å². The van der Waals surface area contributed by atoms with Crippen molar-refractivity contribution in [3.8, 4) is 0 Å². The van der Waals surface area contributed by atoms with E-state index in [2.05, 4.69) is 10.6 Å². The Morgan fingerprint density at radius 3 is 2.50 bits per heavy atom. The fourth-order valence-electron chi connectivity index (χ4n) is 2.74. The summed E-state index contributed by atoms with van der Waals surface area (Å²) in [6, 6.07) is 12.8. The van der Waals surface area contributed by atoms with Crippen LogP contribution < -0.4 is 10.6 Å². The van der Waals surface area contributed by atoms with Crippen molar-refractivity contribution in [2.75, 3.05) is 11.9 Å². The topological polar surface area (TPSA) is 84.5 Å². The first kappa shape index (κ1) is 19.6. The Morgan fingerprint density at radius 2 is 1.79 bits per heavy atom. The Hall–Kier alpha value is -3.15. The van der Waals surface area contributed by atoms with Gasteiger partial charge in [0.05, 0.1) is 17.7 Å². The molecule has 0 saturated heterocycles. The maximum atomic E-state index is 12.3. The van der Waals surface area contributed by atoms with Crippen LogP contribution in [0, 0.1) is 13.8 Å². The number of carbonyl (C=O) groups is 3. The molecule has 3 rings (SSSR count). The average molecular weight is 380 g/mol. The van der Waals surface area contributed by atoms with Gasteiger partial charge in [0.25, 0.3) is 11.8 Å². The van der Waals surface area contributed by atoms with Crippen LogP contribution in [0.3, 0.4) is 0 Å². The monoisotopic (exact) mass is 380 g/mol. The van der Waals surface area contributed by atoms with E-state index in [0.29, 0.717) is 11.3 Å². The van der Waals surface area contributed by atoms with E-state index in [1.165, 1.54) is 0 Å². The second-order valence-corrected chi connectivity index (χ2v) is 7.10. The van der Waals surface area contributed by atoms with Gasteiger partial charge in [-0.15, -0.1) is 0 Å². The molecule has 2 amide bonds. The number of aryl methyl sites for hydroxylation is 2. The molecule has 6 nitrogen and oxygen atoms in total. The standard InChI is InChI=1S/C22H24N2O4/c1-14-7-8-16(11-15(14)2)12-21(26)28-13-20(25)24-19-6-4-3-5-18(19)22(27)23-17-9-10-17/h3-8,11,17H,9-10,12-13H2,1-2H3,(H,23,27)(H,24,25). The van der Waals surface area contributed by atoms with E-state index < -0.39 is 18.5 Å². The SMILES string of the molecule is Cc1ccc(CC(=O)OCC(=O)Nc2ccccc2C(=O)NC2CC2)cc1C. The minimum absolute atomic E-state index is 0.106. The highest BCUT2D eigenvalue weighted by Crippen LogP contribution is 2.21. The number of carbonyl (C=O) groups excluding carboxylic acids is 3. The third kappa shape index (κ3) is 5.42. The van der Waals surface area contributed by atoms with E-state index >= 15 is 0 Å². The highest BCUT2D eigenvalue weighted by molar-refractivity contribution is 6.04. The maximum absolute atomic E-state index is 12.3. The first-order chi connectivity index (χ1) is 13.4. The number of rotatable bonds is 7. The number of esters is 1. The molecule has 0 bridgehead atoms. The van der Waals surface area contributed by atoms with Crippen molar-refractivity contribution in [3.63, 3.8) is 0 Å². The lowest BCUT2D eigenvalue weighted by Crippen LogP contribution is -2.28. The fraction of sp³-hybridized carbons (Fsp3) is 0.318. The van der Waals surface area contributed by atoms with Gasteiger partial charge in [0.15, 0.2) is 6.61 Å². The molecule has 1 saturated carbocycles. The fourth-order valence-corrected chi connectivity index (χ4v) is 2.74. The number of ether oxygens (including phenoxy) is 1. The van der Waals surface area contributed by atoms with Crippen LogP contribution in [0.15, 0.2) is 42.5 Å². The largest absolute Gasteiger partial charge is 0.455 e. The van der Waals surface area contributed by atoms with Gasteiger partial charge in [-0.05, 0) is 55.5 Å². The lowest BCUT2D eigenvalue weighted by molar-refractivity contribution is -0.146. The molecule has 28 heavy (non-hydrogen) atoms. The smallest absolute Gasteiger partial charge is 0.310 e. The highest BCUT2D eigenvalue weighted by Gasteiger charge is 2.25. The Balaban J connectivity index is 1.52. The van der Waals surface area contributed by atoms with Gasteiger partial charge in [-0.25, -0.2) is 0 Å². The summed E-state index contributed by atoms with van der Waals surface area (Å²) >= 11 is 0. The summed E-state index contributed by atoms with van der Waals surface area (Å²) in [5.41, 5.74) is 3.89. The highest BCUT2D eigenvalue weighted by atomic mass is 16.5. The zero-order valence-corrected chi connectivity index (χ0v) is 16.1. The van der Waals surface area contributed by atoms with Crippen LogP contribution in [-0.2, 0) is 20.7 Å². The summed E-state index contributed by atoms with van der Waals surface area (Å²) in [6.07, 6.45) is 2.07. The molecule has 6 heteroatoms. The number of benzene rings is 2. The Morgan fingerprint density at radius 1 is 1.04 bits per heavy atom. The lowest BCUT2D eigenvalue weighted by atomic mass is 10.0. The van der Waals surface area contributed by atoms with Crippen LogP contribution in [-0.4, -0.2) is 30.4 Å². The van der Waals surface area contributed by atoms with E-state index in [4.69, 9.17) is 4.74 Å². The molecule has 0 atom stereocenters. The van der Waals surface area contributed by atoms with Gasteiger partial charge in [-0.2, -0.15) is 0 Å². The Kier molecular flexibility index (Phi) is 6.09. The summed E-state index contributed by atoms with van der Waals surface area (Å²) in [5.74, 6) is -1.18. The first-order valence-electron chi connectivity index (χ1n) is 9.34.